The molecule has 0 bridgehead atoms. The maximum Gasteiger partial charge on any atom is 0.218 e. The summed E-state index contributed by atoms with van der Waals surface area (Å²) >= 11 is 0. The Bertz CT molecular complexity index is 310. The first-order valence-electron chi connectivity index (χ1n) is 3.49. The zero-order valence-electron chi connectivity index (χ0n) is 6.41. The van der Waals surface area contributed by atoms with Crippen molar-refractivity contribution >= 4 is 13.7 Å². The Morgan fingerprint density at radius 1 is 1.45 bits per heavy atom. The van der Waals surface area contributed by atoms with Gasteiger partial charge in [-0.3, -0.25) is 9.97 Å². The molecule has 4 heteroatoms. The van der Waals surface area contributed by atoms with E-state index in [0.717, 1.165) is 23.6 Å². The van der Waals surface area contributed by atoms with E-state index in [2.05, 4.69) is 16.5 Å². The third kappa shape index (κ3) is 0.825. The van der Waals surface area contributed by atoms with Gasteiger partial charge in [0, 0.05) is 24.6 Å². The molecule has 0 amide bonds. The first kappa shape index (κ1) is 6.40. The average molecular weight is 145 g/mol. The second-order valence-corrected chi connectivity index (χ2v) is 2.65. The van der Waals surface area contributed by atoms with Crippen LogP contribution in [0.4, 0.5) is 0 Å². The Kier molecular flexibility index (Phi) is 1.21. The quantitative estimate of drug-likeness (QED) is 0.474. The summed E-state index contributed by atoms with van der Waals surface area (Å²) < 4.78 is 0. The average Bonchev–Trinajstić information content (AvgIpc) is 2.30. The fraction of sp³-hybridized carbons (Fsp3) is 0.143. The van der Waals surface area contributed by atoms with Crippen LogP contribution in [0, 0.1) is 0 Å². The van der Waals surface area contributed by atoms with Crippen molar-refractivity contribution in [2.45, 2.75) is 6.54 Å². The standard InChI is InChI=1S/C7H8BN3/c1-5-7-6(4-11(5)8)9-2-3-10-7/h2-3H,1,4,8H2. The molecule has 0 saturated heterocycles. The highest BCUT2D eigenvalue weighted by Crippen LogP contribution is 2.24. The van der Waals surface area contributed by atoms with E-state index in [0.29, 0.717) is 0 Å². The van der Waals surface area contributed by atoms with Crippen LogP contribution in [0.1, 0.15) is 11.4 Å². The molecule has 11 heavy (non-hydrogen) atoms. The van der Waals surface area contributed by atoms with Crippen molar-refractivity contribution in [3.05, 3.63) is 30.4 Å². The summed E-state index contributed by atoms with van der Waals surface area (Å²) in [4.78, 5) is 10.4. The summed E-state index contributed by atoms with van der Waals surface area (Å²) in [6, 6.07) is 0. The topological polar surface area (TPSA) is 29.0 Å². The summed E-state index contributed by atoms with van der Waals surface area (Å²) in [5, 5.41) is 0. The van der Waals surface area contributed by atoms with Crippen molar-refractivity contribution in [1.82, 2.24) is 14.8 Å². The van der Waals surface area contributed by atoms with Gasteiger partial charge in [-0.2, -0.15) is 0 Å². The van der Waals surface area contributed by atoms with Gasteiger partial charge in [0.1, 0.15) is 5.69 Å². The third-order valence-corrected chi connectivity index (χ3v) is 1.90. The second kappa shape index (κ2) is 2.08. The molecule has 0 N–H and O–H groups in total. The van der Waals surface area contributed by atoms with Gasteiger partial charge in [-0.1, -0.05) is 6.58 Å². The number of nitrogens with zero attached hydrogens (tertiary/aromatic N) is 3. The first-order valence-corrected chi connectivity index (χ1v) is 3.49. The lowest BCUT2D eigenvalue weighted by molar-refractivity contribution is 0.648. The second-order valence-electron chi connectivity index (χ2n) is 2.65. The predicted molar refractivity (Wildman–Crippen MR) is 45.2 cm³/mol. The summed E-state index contributed by atoms with van der Waals surface area (Å²) in [5.41, 5.74) is 2.93. The molecule has 0 radical (unpaired) electrons. The van der Waals surface area contributed by atoms with Crippen molar-refractivity contribution in [2.24, 2.45) is 0 Å². The van der Waals surface area contributed by atoms with E-state index in [9.17, 15) is 0 Å². The van der Waals surface area contributed by atoms with Crippen LogP contribution in [-0.2, 0) is 6.54 Å². The molecule has 1 aliphatic rings. The third-order valence-electron chi connectivity index (χ3n) is 1.90. The van der Waals surface area contributed by atoms with Crippen molar-refractivity contribution < 1.29 is 0 Å². The smallest absolute Gasteiger partial charge is 0.218 e. The SMILES string of the molecule is BN1Cc2nccnc2C1=C. The zero-order chi connectivity index (χ0) is 7.84. The van der Waals surface area contributed by atoms with Gasteiger partial charge in [-0.15, -0.1) is 0 Å². The molecule has 0 fully saturated rings. The van der Waals surface area contributed by atoms with Crippen molar-refractivity contribution in [1.29, 1.82) is 0 Å². The Hall–Kier alpha value is -1.32. The molecule has 1 aliphatic heterocycles. The number of rotatable bonds is 0. The van der Waals surface area contributed by atoms with Gasteiger partial charge in [0.2, 0.25) is 7.98 Å². The van der Waals surface area contributed by atoms with Gasteiger partial charge < -0.3 is 4.81 Å². The Morgan fingerprint density at radius 2 is 2.18 bits per heavy atom. The maximum atomic E-state index is 4.20. The van der Waals surface area contributed by atoms with Crippen LogP contribution < -0.4 is 0 Å². The number of fused-ring (bicyclic) bond motifs is 1. The molecule has 0 saturated carbocycles. The Balaban J connectivity index is 2.55. The normalized spacial score (nSPS) is 15.3. The molecule has 1 aromatic rings. The fourth-order valence-electron chi connectivity index (χ4n) is 1.22. The van der Waals surface area contributed by atoms with Crippen molar-refractivity contribution in [3.8, 4) is 0 Å². The zero-order valence-corrected chi connectivity index (χ0v) is 6.41. The first-order chi connectivity index (χ1) is 5.29. The predicted octanol–water partition coefficient (Wildman–Crippen LogP) is -0.189. The Morgan fingerprint density at radius 3 is 2.91 bits per heavy atom. The lowest BCUT2D eigenvalue weighted by atomic mass is 10.3. The molecule has 3 nitrogen and oxygen atoms in total. The lowest BCUT2D eigenvalue weighted by Gasteiger charge is -2.09. The molecule has 0 spiro atoms. The maximum absolute atomic E-state index is 4.20. The molecule has 0 atom stereocenters. The summed E-state index contributed by atoms with van der Waals surface area (Å²) in [7, 11) is 1.99. The van der Waals surface area contributed by atoms with Gasteiger partial charge in [0.25, 0.3) is 0 Å². The van der Waals surface area contributed by atoms with E-state index in [1.807, 2.05) is 12.8 Å². The molecule has 1 aromatic heterocycles. The van der Waals surface area contributed by atoms with Crippen LogP contribution in [0.5, 0.6) is 0 Å². The molecule has 2 heterocycles. The van der Waals surface area contributed by atoms with Gasteiger partial charge in [0.15, 0.2) is 0 Å². The molecular formula is C7H8BN3. The van der Waals surface area contributed by atoms with Gasteiger partial charge >= 0.3 is 0 Å². The Labute approximate surface area is 66.2 Å². The van der Waals surface area contributed by atoms with Crippen LogP contribution in [0.15, 0.2) is 19.0 Å². The monoisotopic (exact) mass is 145 g/mol. The minimum absolute atomic E-state index is 0.835. The molecule has 0 unspecified atom stereocenters. The van der Waals surface area contributed by atoms with Crippen LogP contribution in [0.25, 0.3) is 5.70 Å². The molecule has 0 aromatic carbocycles. The number of hydrogen-bond donors (Lipinski definition) is 0. The largest absolute Gasteiger partial charge is 0.415 e. The number of aromatic nitrogens is 2. The van der Waals surface area contributed by atoms with Crippen LogP contribution in [-0.4, -0.2) is 22.8 Å². The van der Waals surface area contributed by atoms with Gasteiger partial charge in [0.05, 0.1) is 5.69 Å². The molecule has 0 aliphatic carbocycles. The fourth-order valence-corrected chi connectivity index (χ4v) is 1.22. The van der Waals surface area contributed by atoms with Gasteiger partial charge in [-0.05, 0) is 0 Å². The van der Waals surface area contributed by atoms with Crippen molar-refractivity contribution in [2.75, 3.05) is 0 Å². The van der Waals surface area contributed by atoms with E-state index >= 15 is 0 Å². The van der Waals surface area contributed by atoms with E-state index in [4.69, 9.17) is 0 Å². The highest BCUT2D eigenvalue weighted by atomic mass is 15.1. The molecule has 2 rings (SSSR count). The van der Waals surface area contributed by atoms with Crippen LogP contribution >= 0.6 is 0 Å². The van der Waals surface area contributed by atoms with Crippen LogP contribution in [0.3, 0.4) is 0 Å². The highest BCUT2D eigenvalue weighted by molar-refractivity contribution is 6.10. The lowest BCUT2D eigenvalue weighted by Crippen LogP contribution is -2.08. The van der Waals surface area contributed by atoms with E-state index < -0.39 is 0 Å². The van der Waals surface area contributed by atoms with E-state index in [1.165, 1.54) is 0 Å². The highest BCUT2D eigenvalue weighted by Gasteiger charge is 2.20. The van der Waals surface area contributed by atoms with Crippen molar-refractivity contribution in [3.63, 3.8) is 0 Å². The minimum atomic E-state index is 0.835. The summed E-state index contributed by atoms with van der Waals surface area (Å²) in [6.45, 7) is 4.74. The minimum Gasteiger partial charge on any atom is -0.415 e. The van der Waals surface area contributed by atoms with Crippen LogP contribution in [0.2, 0.25) is 0 Å². The summed E-state index contributed by atoms with van der Waals surface area (Å²) in [6.07, 6.45) is 3.41. The molecule has 54 valence electrons. The van der Waals surface area contributed by atoms with E-state index in [1.54, 1.807) is 12.4 Å². The van der Waals surface area contributed by atoms with E-state index in [-0.39, 0.29) is 0 Å². The number of hydrogen-bond acceptors (Lipinski definition) is 3. The van der Waals surface area contributed by atoms with Gasteiger partial charge in [-0.25, -0.2) is 0 Å². The summed E-state index contributed by atoms with van der Waals surface area (Å²) in [5.74, 6) is 0. The molecular weight excluding hydrogens is 137 g/mol.